The maximum Gasteiger partial charge on any atom is 0.308 e. The highest BCUT2D eigenvalue weighted by Crippen LogP contribution is 2.30. The second-order valence-corrected chi connectivity index (χ2v) is 7.79. The van der Waals surface area contributed by atoms with Crippen LogP contribution in [0.5, 0.6) is 0 Å². The third kappa shape index (κ3) is 2.95. The highest BCUT2D eigenvalue weighted by atomic mass is 79.9. The van der Waals surface area contributed by atoms with Crippen LogP contribution in [0, 0.1) is 23.2 Å². The molecule has 1 aliphatic rings. The normalized spacial score (nSPS) is 22.9. The molecule has 0 amide bonds. The molecule has 1 aromatic carbocycles. The fourth-order valence-electron chi connectivity index (χ4n) is 2.34. The molecular formula is C13H13BrN2O4S. The van der Waals surface area contributed by atoms with Gasteiger partial charge in [0.05, 0.1) is 16.4 Å². The number of hydrogen-bond acceptors (Lipinski definition) is 4. The molecule has 1 saturated heterocycles. The molecule has 2 atom stereocenters. The summed E-state index contributed by atoms with van der Waals surface area (Å²) < 4.78 is 26.6. The Hall–Kier alpha value is -1.43. The van der Waals surface area contributed by atoms with E-state index in [1.165, 1.54) is 22.5 Å². The summed E-state index contributed by atoms with van der Waals surface area (Å²) in [7, 11) is -3.75. The molecule has 21 heavy (non-hydrogen) atoms. The Kier molecular flexibility index (Phi) is 4.37. The van der Waals surface area contributed by atoms with Crippen molar-refractivity contribution in [2.24, 2.45) is 11.8 Å². The van der Waals surface area contributed by atoms with E-state index in [-0.39, 0.29) is 23.9 Å². The molecule has 0 aromatic heterocycles. The summed E-state index contributed by atoms with van der Waals surface area (Å²) in [4.78, 5) is 11.1. The summed E-state index contributed by atoms with van der Waals surface area (Å²) in [5.41, 5.74) is 0.340. The lowest BCUT2D eigenvalue weighted by molar-refractivity contribution is -0.142. The number of halogens is 1. The average Bonchev–Trinajstić information content (AvgIpc) is 2.81. The van der Waals surface area contributed by atoms with E-state index in [4.69, 9.17) is 10.4 Å². The van der Waals surface area contributed by atoms with Crippen LogP contribution in [0.15, 0.2) is 27.6 Å². The highest BCUT2D eigenvalue weighted by Gasteiger charge is 2.40. The fraction of sp³-hybridized carbons (Fsp3) is 0.385. The van der Waals surface area contributed by atoms with Gasteiger partial charge in [-0.3, -0.25) is 4.79 Å². The Morgan fingerprint density at radius 1 is 1.48 bits per heavy atom. The topological polar surface area (TPSA) is 98.5 Å². The van der Waals surface area contributed by atoms with Crippen LogP contribution in [0.4, 0.5) is 0 Å². The number of sulfonamides is 1. The molecule has 0 aliphatic carbocycles. The molecule has 2 rings (SSSR count). The predicted octanol–water partition coefficient (Wildman–Crippen LogP) is 1.66. The lowest BCUT2D eigenvalue weighted by atomic mass is 9.99. The molecule has 1 heterocycles. The van der Waals surface area contributed by atoms with Crippen LogP contribution < -0.4 is 0 Å². The summed E-state index contributed by atoms with van der Waals surface area (Å²) in [5.74, 6) is -1.91. The number of aliphatic carboxylic acids is 1. The van der Waals surface area contributed by atoms with Gasteiger partial charge in [0.15, 0.2) is 0 Å². The summed E-state index contributed by atoms with van der Waals surface area (Å²) in [6, 6.07) is 6.09. The van der Waals surface area contributed by atoms with Crippen molar-refractivity contribution in [3.8, 4) is 6.07 Å². The number of benzene rings is 1. The van der Waals surface area contributed by atoms with Gasteiger partial charge in [-0.15, -0.1) is 0 Å². The van der Waals surface area contributed by atoms with Gasteiger partial charge in [0.2, 0.25) is 10.0 Å². The number of hydrogen-bond donors (Lipinski definition) is 1. The van der Waals surface area contributed by atoms with Crippen LogP contribution in [-0.4, -0.2) is 36.9 Å². The molecule has 112 valence electrons. The SMILES string of the molecule is C[C@@H]1CN(S(=O)(=O)c2ccc(C#N)c(Br)c2)C[C@H]1C(=O)O. The van der Waals surface area contributed by atoms with Crippen molar-refractivity contribution < 1.29 is 18.3 Å². The third-order valence-corrected chi connectivity index (χ3v) is 6.08. The van der Waals surface area contributed by atoms with Gasteiger partial charge in [-0.05, 0) is 40.0 Å². The number of carbonyl (C=O) groups is 1. The number of nitriles is 1. The minimum absolute atomic E-state index is 0.0313. The van der Waals surface area contributed by atoms with Crippen LogP contribution in [-0.2, 0) is 14.8 Å². The van der Waals surface area contributed by atoms with E-state index in [1.807, 2.05) is 6.07 Å². The quantitative estimate of drug-likeness (QED) is 0.869. The zero-order valence-electron chi connectivity index (χ0n) is 11.2. The Bertz CT molecular complexity index is 726. The molecule has 0 radical (unpaired) electrons. The van der Waals surface area contributed by atoms with Crippen molar-refractivity contribution in [3.05, 3.63) is 28.2 Å². The fourth-order valence-corrected chi connectivity index (χ4v) is 4.55. The lowest BCUT2D eigenvalue weighted by Gasteiger charge is -2.16. The molecular weight excluding hydrogens is 360 g/mol. The van der Waals surface area contributed by atoms with Crippen LogP contribution >= 0.6 is 15.9 Å². The van der Waals surface area contributed by atoms with Gasteiger partial charge >= 0.3 is 5.97 Å². The lowest BCUT2D eigenvalue weighted by Crippen LogP contribution is -2.30. The minimum Gasteiger partial charge on any atom is -0.481 e. The number of nitrogens with zero attached hydrogens (tertiary/aromatic N) is 2. The Morgan fingerprint density at radius 2 is 2.14 bits per heavy atom. The van der Waals surface area contributed by atoms with Gasteiger partial charge in [-0.25, -0.2) is 8.42 Å². The van der Waals surface area contributed by atoms with E-state index in [0.717, 1.165) is 0 Å². The molecule has 1 aliphatic heterocycles. The highest BCUT2D eigenvalue weighted by molar-refractivity contribution is 9.10. The summed E-state index contributed by atoms with van der Waals surface area (Å²) in [6.45, 7) is 1.87. The van der Waals surface area contributed by atoms with Gasteiger partial charge < -0.3 is 5.11 Å². The minimum atomic E-state index is -3.75. The second-order valence-electron chi connectivity index (χ2n) is 5.00. The Morgan fingerprint density at radius 3 is 2.62 bits per heavy atom. The monoisotopic (exact) mass is 372 g/mol. The molecule has 0 unspecified atom stereocenters. The van der Waals surface area contributed by atoms with Gasteiger partial charge in [-0.1, -0.05) is 6.92 Å². The summed E-state index contributed by atoms with van der Waals surface area (Å²) in [6.07, 6.45) is 0. The maximum absolute atomic E-state index is 12.5. The van der Waals surface area contributed by atoms with Gasteiger partial charge in [-0.2, -0.15) is 9.57 Å². The van der Waals surface area contributed by atoms with Gasteiger partial charge in [0, 0.05) is 17.6 Å². The first kappa shape index (κ1) is 15.9. The van der Waals surface area contributed by atoms with E-state index in [0.29, 0.717) is 10.0 Å². The van der Waals surface area contributed by atoms with Gasteiger partial charge in [0.1, 0.15) is 6.07 Å². The van der Waals surface area contributed by atoms with Crippen molar-refractivity contribution >= 4 is 31.9 Å². The molecule has 6 nitrogen and oxygen atoms in total. The second kappa shape index (κ2) is 5.75. The molecule has 1 N–H and O–H groups in total. The van der Waals surface area contributed by atoms with Crippen LogP contribution in [0.1, 0.15) is 12.5 Å². The number of carboxylic acids is 1. The molecule has 0 bridgehead atoms. The molecule has 1 fully saturated rings. The van der Waals surface area contributed by atoms with Crippen molar-refractivity contribution in [2.75, 3.05) is 13.1 Å². The predicted molar refractivity (Wildman–Crippen MR) is 77.9 cm³/mol. The largest absolute Gasteiger partial charge is 0.481 e. The first-order valence-corrected chi connectivity index (χ1v) is 8.43. The smallest absolute Gasteiger partial charge is 0.308 e. The van der Waals surface area contributed by atoms with E-state index in [2.05, 4.69) is 15.9 Å². The summed E-state index contributed by atoms with van der Waals surface area (Å²) in [5, 5.41) is 17.9. The molecule has 8 heteroatoms. The first-order valence-electron chi connectivity index (χ1n) is 6.20. The zero-order chi connectivity index (χ0) is 15.8. The van der Waals surface area contributed by atoms with E-state index < -0.39 is 21.9 Å². The van der Waals surface area contributed by atoms with Crippen molar-refractivity contribution in [3.63, 3.8) is 0 Å². The number of carboxylic acid groups (broad SMARTS) is 1. The standard InChI is InChI=1S/C13H13BrN2O4S/c1-8-6-16(7-11(8)13(17)18)21(19,20)10-3-2-9(5-15)12(14)4-10/h2-4,8,11H,6-7H2,1H3,(H,17,18)/t8-,11-/m1/s1. The molecule has 0 spiro atoms. The van der Waals surface area contributed by atoms with E-state index in [1.54, 1.807) is 6.92 Å². The zero-order valence-corrected chi connectivity index (χ0v) is 13.6. The molecule has 0 saturated carbocycles. The maximum atomic E-state index is 12.5. The first-order chi connectivity index (χ1) is 9.77. The van der Waals surface area contributed by atoms with Gasteiger partial charge in [0.25, 0.3) is 0 Å². The Balaban J connectivity index is 2.34. The van der Waals surface area contributed by atoms with Crippen molar-refractivity contribution in [1.82, 2.24) is 4.31 Å². The van der Waals surface area contributed by atoms with Crippen LogP contribution in [0.2, 0.25) is 0 Å². The Labute approximate surface area is 131 Å². The van der Waals surface area contributed by atoms with Crippen LogP contribution in [0.3, 0.4) is 0 Å². The number of rotatable bonds is 3. The van der Waals surface area contributed by atoms with Crippen molar-refractivity contribution in [1.29, 1.82) is 5.26 Å². The third-order valence-electron chi connectivity index (χ3n) is 3.59. The van der Waals surface area contributed by atoms with E-state index in [9.17, 15) is 13.2 Å². The molecule has 1 aromatic rings. The van der Waals surface area contributed by atoms with E-state index >= 15 is 0 Å². The summed E-state index contributed by atoms with van der Waals surface area (Å²) >= 11 is 3.16. The average molecular weight is 373 g/mol. The van der Waals surface area contributed by atoms with Crippen molar-refractivity contribution in [2.45, 2.75) is 11.8 Å². The van der Waals surface area contributed by atoms with Crippen LogP contribution in [0.25, 0.3) is 0 Å².